The fourth-order valence-electron chi connectivity index (χ4n) is 2.24. The van der Waals surface area contributed by atoms with Crippen molar-refractivity contribution in [1.82, 2.24) is 10.3 Å². The number of para-hydroxylation sites is 1. The summed E-state index contributed by atoms with van der Waals surface area (Å²) in [6.07, 6.45) is 2.90. The summed E-state index contributed by atoms with van der Waals surface area (Å²) in [5.41, 5.74) is 1.59. The molecule has 3 nitrogen and oxygen atoms in total. The lowest BCUT2D eigenvalue weighted by Gasteiger charge is -2.05. The Labute approximate surface area is 121 Å². The Balaban J connectivity index is 1.74. The molecule has 0 aliphatic rings. The van der Waals surface area contributed by atoms with Crippen LogP contribution in [0.5, 0.6) is 0 Å². The average Bonchev–Trinajstić information content (AvgIpc) is 3.12. The molecule has 0 saturated heterocycles. The number of thiophene rings is 1. The Hall–Kier alpha value is -2.07. The van der Waals surface area contributed by atoms with Crippen molar-refractivity contribution in [2.75, 3.05) is 0 Å². The number of rotatable bonds is 4. The van der Waals surface area contributed by atoms with Gasteiger partial charge in [-0.2, -0.15) is 0 Å². The summed E-state index contributed by atoms with van der Waals surface area (Å²) in [7, 11) is 0. The van der Waals surface area contributed by atoms with Crippen molar-refractivity contribution in [3.8, 4) is 0 Å². The minimum Gasteiger partial charge on any atom is -0.361 e. The van der Waals surface area contributed by atoms with Gasteiger partial charge in [0.15, 0.2) is 0 Å². The molecule has 0 saturated carbocycles. The first-order valence-corrected chi connectivity index (χ1v) is 7.51. The van der Waals surface area contributed by atoms with Gasteiger partial charge < -0.3 is 10.3 Å². The molecule has 1 aromatic carbocycles. The van der Waals surface area contributed by atoms with Gasteiger partial charge in [-0.05, 0) is 30.7 Å². The molecule has 2 N–H and O–H groups in total. The normalized spacial score (nSPS) is 10.8. The van der Waals surface area contributed by atoms with Crippen molar-refractivity contribution >= 4 is 28.1 Å². The van der Waals surface area contributed by atoms with Crippen LogP contribution in [-0.2, 0) is 13.0 Å². The van der Waals surface area contributed by atoms with Gasteiger partial charge in [0, 0.05) is 21.3 Å². The highest BCUT2D eigenvalue weighted by molar-refractivity contribution is 7.11. The van der Waals surface area contributed by atoms with Crippen molar-refractivity contribution in [1.29, 1.82) is 0 Å². The molecule has 0 unspecified atom stereocenters. The van der Waals surface area contributed by atoms with Crippen molar-refractivity contribution in [3.63, 3.8) is 0 Å². The Kier molecular flexibility index (Phi) is 3.56. The van der Waals surface area contributed by atoms with Crippen LogP contribution in [0.2, 0.25) is 0 Å². The first kappa shape index (κ1) is 12.9. The lowest BCUT2D eigenvalue weighted by atomic mass is 10.1. The Bertz CT molecular complexity index is 742. The topological polar surface area (TPSA) is 44.9 Å². The van der Waals surface area contributed by atoms with E-state index in [4.69, 9.17) is 0 Å². The lowest BCUT2D eigenvalue weighted by molar-refractivity contribution is 0.0953. The largest absolute Gasteiger partial charge is 0.361 e. The molecule has 0 bridgehead atoms. The fourth-order valence-corrected chi connectivity index (χ4v) is 3.14. The number of H-pyrrole nitrogens is 1. The van der Waals surface area contributed by atoms with E-state index in [1.54, 1.807) is 11.3 Å². The first-order valence-electron chi connectivity index (χ1n) is 6.70. The number of hydrogen-bond acceptors (Lipinski definition) is 2. The maximum absolute atomic E-state index is 12.3. The monoisotopic (exact) mass is 284 g/mol. The third-order valence-corrected chi connectivity index (χ3v) is 4.55. The summed E-state index contributed by atoms with van der Waals surface area (Å²) in [4.78, 5) is 17.9. The van der Waals surface area contributed by atoms with Crippen LogP contribution in [0, 0.1) is 0 Å². The van der Waals surface area contributed by atoms with E-state index in [9.17, 15) is 4.79 Å². The Morgan fingerprint density at radius 1 is 1.20 bits per heavy atom. The van der Waals surface area contributed by atoms with Crippen LogP contribution in [0.1, 0.15) is 27.0 Å². The summed E-state index contributed by atoms with van der Waals surface area (Å²) >= 11 is 1.75. The van der Waals surface area contributed by atoms with Crippen LogP contribution < -0.4 is 5.32 Å². The number of aromatic amines is 1. The zero-order chi connectivity index (χ0) is 13.9. The third kappa shape index (κ3) is 2.47. The summed E-state index contributed by atoms with van der Waals surface area (Å²) < 4.78 is 0. The number of fused-ring (bicyclic) bond motifs is 1. The molecule has 0 spiro atoms. The average molecular weight is 284 g/mol. The van der Waals surface area contributed by atoms with Crippen LogP contribution in [0.25, 0.3) is 10.9 Å². The maximum Gasteiger partial charge on any atom is 0.253 e. The molecule has 0 radical (unpaired) electrons. The molecular weight excluding hydrogens is 268 g/mol. The Morgan fingerprint density at radius 3 is 2.85 bits per heavy atom. The summed E-state index contributed by atoms with van der Waals surface area (Å²) in [6.45, 7) is 2.72. The SMILES string of the molecule is CCc1ccc(CNC(=O)c2cccc3cc[nH]c23)s1. The number of amides is 1. The lowest BCUT2D eigenvalue weighted by Crippen LogP contribution is -2.22. The number of benzene rings is 1. The number of aryl methyl sites for hydroxylation is 1. The van der Waals surface area contributed by atoms with Crippen molar-refractivity contribution in [2.24, 2.45) is 0 Å². The highest BCUT2D eigenvalue weighted by atomic mass is 32.1. The molecule has 20 heavy (non-hydrogen) atoms. The van der Waals surface area contributed by atoms with Crippen LogP contribution >= 0.6 is 11.3 Å². The van der Waals surface area contributed by atoms with Gasteiger partial charge >= 0.3 is 0 Å². The summed E-state index contributed by atoms with van der Waals surface area (Å²) in [5.74, 6) is -0.0375. The Morgan fingerprint density at radius 2 is 2.05 bits per heavy atom. The second-order valence-corrected chi connectivity index (χ2v) is 5.90. The van der Waals surface area contributed by atoms with Crippen LogP contribution in [0.3, 0.4) is 0 Å². The van der Waals surface area contributed by atoms with Gasteiger partial charge in [0.1, 0.15) is 0 Å². The van der Waals surface area contributed by atoms with E-state index in [0.29, 0.717) is 12.1 Å². The van der Waals surface area contributed by atoms with Crippen molar-refractivity contribution < 1.29 is 4.79 Å². The second kappa shape index (κ2) is 5.51. The highest BCUT2D eigenvalue weighted by Gasteiger charge is 2.10. The first-order chi connectivity index (χ1) is 9.78. The molecule has 3 rings (SSSR count). The zero-order valence-electron chi connectivity index (χ0n) is 11.3. The highest BCUT2D eigenvalue weighted by Crippen LogP contribution is 2.18. The van der Waals surface area contributed by atoms with Crippen LogP contribution in [-0.4, -0.2) is 10.9 Å². The van der Waals surface area contributed by atoms with E-state index in [1.807, 2.05) is 30.5 Å². The summed E-state index contributed by atoms with van der Waals surface area (Å²) in [5, 5.41) is 4.04. The van der Waals surface area contributed by atoms with Crippen molar-refractivity contribution in [2.45, 2.75) is 19.9 Å². The van der Waals surface area contributed by atoms with E-state index >= 15 is 0 Å². The molecule has 3 aromatic rings. The third-order valence-electron chi connectivity index (χ3n) is 3.32. The van der Waals surface area contributed by atoms with E-state index < -0.39 is 0 Å². The summed E-state index contributed by atoms with van der Waals surface area (Å²) in [6, 6.07) is 11.9. The molecule has 0 fully saturated rings. The van der Waals surface area contributed by atoms with Gasteiger partial charge in [-0.15, -0.1) is 11.3 Å². The predicted molar refractivity (Wildman–Crippen MR) is 83.2 cm³/mol. The van der Waals surface area contributed by atoms with Gasteiger partial charge in [-0.1, -0.05) is 19.1 Å². The molecule has 1 amide bonds. The van der Waals surface area contributed by atoms with E-state index in [2.05, 4.69) is 29.4 Å². The van der Waals surface area contributed by atoms with Gasteiger partial charge in [0.25, 0.3) is 5.91 Å². The number of aromatic nitrogens is 1. The van der Waals surface area contributed by atoms with Crippen molar-refractivity contribution in [3.05, 3.63) is 57.9 Å². The minimum absolute atomic E-state index is 0.0375. The molecule has 102 valence electrons. The molecule has 0 aliphatic carbocycles. The van der Waals surface area contributed by atoms with Gasteiger partial charge in [0.2, 0.25) is 0 Å². The second-order valence-electron chi connectivity index (χ2n) is 4.65. The molecule has 2 aromatic heterocycles. The maximum atomic E-state index is 12.3. The van der Waals surface area contributed by atoms with Gasteiger partial charge in [0.05, 0.1) is 17.6 Å². The zero-order valence-corrected chi connectivity index (χ0v) is 12.1. The fraction of sp³-hybridized carbons (Fsp3) is 0.188. The number of carbonyl (C=O) groups is 1. The number of nitrogens with one attached hydrogen (secondary N) is 2. The molecule has 0 aliphatic heterocycles. The van der Waals surface area contributed by atoms with Gasteiger partial charge in [-0.25, -0.2) is 0 Å². The standard InChI is InChI=1S/C16H16N2OS/c1-2-12-6-7-13(20-12)10-18-16(19)14-5-3-4-11-8-9-17-15(11)14/h3-9,17H,2,10H2,1H3,(H,18,19). The van der Waals surface area contributed by atoms with E-state index in [-0.39, 0.29) is 5.91 Å². The molecular formula is C16H16N2OS. The quantitative estimate of drug-likeness (QED) is 0.753. The van der Waals surface area contributed by atoms with Crippen LogP contribution in [0.4, 0.5) is 0 Å². The smallest absolute Gasteiger partial charge is 0.253 e. The van der Waals surface area contributed by atoms with E-state index in [0.717, 1.165) is 17.3 Å². The number of carbonyl (C=O) groups excluding carboxylic acids is 1. The molecule has 2 heterocycles. The molecule has 0 atom stereocenters. The predicted octanol–water partition coefficient (Wildman–Crippen LogP) is 3.72. The van der Waals surface area contributed by atoms with Gasteiger partial charge in [-0.3, -0.25) is 4.79 Å². The number of hydrogen-bond donors (Lipinski definition) is 2. The minimum atomic E-state index is -0.0375. The van der Waals surface area contributed by atoms with Crippen LogP contribution in [0.15, 0.2) is 42.6 Å². The van der Waals surface area contributed by atoms with E-state index in [1.165, 1.54) is 9.75 Å². The molecule has 4 heteroatoms.